The van der Waals surface area contributed by atoms with Crippen molar-refractivity contribution in [1.29, 1.82) is 0 Å². The first-order valence-electron chi connectivity index (χ1n) is 6.47. The molecule has 0 saturated carbocycles. The van der Waals surface area contributed by atoms with Gasteiger partial charge in [-0.2, -0.15) is 0 Å². The summed E-state index contributed by atoms with van der Waals surface area (Å²) in [5, 5.41) is 8.52. The molecule has 5 nitrogen and oxygen atoms in total. The smallest absolute Gasteiger partial charge is 0.191 e. The monoisotopic (exact) mass is 371 g/mol. The molecule has 0 atom stereocenters. The molecule has 1 heterocycles. The van der Waals surface area contributed by atoms with Crippen molar-refractivity contribution in [2.75, 3.05) is 39.5 Å². The zero-order valence-corrected chi connectivity index (χ0v) is 13.5. The summed E-state index contributed by atoms with van der Waals surface area (Å²) in [6.07, 6.45) is 3.26. The number of hydrogen-bond acceptors (Lipinski definition) is 3. The van der Waals surface area contributed by atoms with Gasteiger partial charge in [0, 0.05) is 26.2 Å². The molecule has 3 N–H and O–H groups in total. The number of guanidine groups is 1. The molecule has 1 fully saturated rings. The van der Waals surface area contributed by atoms with Crippen LogP contribution in [0.5, 0.6) is 0 Å². The lowest BCUT2D eigenvalue weighted by Crippen LogP contribution is -2.42. The summed E-state index contributed by atoms with van der Waals surface area (Å²) in [4.78, 5) is 6.51. The van der Waals surface area contributed by atoms with Gasteiger partial charge in [-0.25, -0.2) is 0 Å². The molecule has 1 rings (SSSR count). The summed E-state index contributed by atoms with van der Waals surface area (Å²) in [5.41, 5.74) is 5.93. The van der Waals surface area contributed by atoms with Crippen molar-refractivity contribution in [3.05, 3.63) is 0 Å². The molecule has 0 unspecified atom stereocenters. The van der Waals surface area contributed by atoms with Crippen LogP contribution >= 0.6 is 24.0 Å². The first-order valence-corrected chi connectivity index (χ1v) is 6.47. The predicted octanol–water partition coefficient (Wildman–Crippen LogP) is 1.05. The number of piperidine rings is 1. The standard InChI is InChI=1S/C12H25N3O2.HI/c1-11-3-6-15(7-4-11)12(13)14-5-2-9-17-10-8-16;/h11,16H,2-10H2,1H3,(H2,13,14);1H. The lowest BCUT2D eigenvalue weighted by atomic mass is 10.00. The molecule has 6 heteroatoms. The van der Waals surface area contributed by atoms with E-state index in [0.29, 0.717) is 25.7 Å². The molecule has 0 aliphatic carbocycles. The van der Waals surface area contributed by atoms with Crippen LogP contribution in [0.15, 0.2) is 4.99 Å². The van der Waals surface area contributed by atoms with E-state index in [1.165, 1.54) is 12.8 Å². The number of halogens is 1. The number of nitrogens with two attached hydrogens (primary N) is 1. The summed E-state index contributed by atoms with van der Waals surface area (Å²) in [6, 6.07) is 0. The van der Waals surface area contributed by atoms with Gasteiger partial charge in [-0.1, -0.05) is 6.92 Å². The lowest BCUT2D eigenvalue weighted by molar-refractivity contribution is 0.0917. The van der Waals surface area contributed by atoms with E-state index in [-0.39, 0.29) is 30.6 Å². The second kappa shape index (κ2) is 10.8. The lowest BCUT2D eigenvalue weighted by Gasteiger charge is -2.31. The Morgan fingerprint density at radius 2 is 2.06 bits per heavy atom. The van der Waals surface area contributed by atoms with Crippen LogP contribution in [0.4, 0.5) is 0 Å². The van der Waals surface area contributed by atoms with Crippen molar-refractivity contribution in [3.63, 3.8) is 0 Å². The van der Waals surface area contributed by atoms with Crippen LogP contribution in [-0.4, -0.2) is 55.4 Å². The Morgan fingerprint density at radius 3 is 2.67 bits per heavy atom. The van der Waals surface area contributed by atoms with E-state index in [0.717, 1.165) is 25.4 Å². The van der Waals surface area contributed by atoms with Crippen molar-refractivity contribution >= 4 is 29.9 Å². The number of aliphatic hydroxyl groups excluding tert-OH is 1. The third-order valence-electron chi connectivity index (χ3n) is 3.06. The number of ether oxygens (including phenoxy) is 1. The van der Waals surface area contributed by atoms with Gasteiger partial charge in [0.1, 0.15) is 0 Å². The fourth-order valence-corrected chi connectivity index (χ4v) is 1.86. The van der Waals surface area contributed by atoms with Crippen LogP contribution in [0.25, 0.3) is 0 Å². The summed E-state index contributed by atoms with van der Waals surface area (Å²) < 4.78 is 5.15. The fraction of sp³-hybridized carbons (Fsp3) is 0.917. The Kier molecular flexibility index (Phi) is 10.8. The minimum Gasteiger partial charge on any atom is -0.394 e. The quantitative estimate of drug-likeness (QED) is 0.317. The average molecular weight is 371 g/mol. The zero-order chi connectivity index (χ0) is 12.5. The third-order valence-corrected chi connectivity index (χ3v) is 3.06. The van der Waals surface area contributed by atoms with Gasteiger partial charge in [0.2, 0.25) is 0 Å². The molecule has 0 radical (unpaired) electrons. The Balaban J connectivity index is 0.00000289. The molecule has 0 amide bonds. The fourth-order valence-electron chi connectivity index (χ4n) is 1.86. The Morgan fingerprint density at radius 1 is 1.39 bits per heavy atom. The SMILES string of the molecule is CC1CCN(C(N)=NCCCOCCO)CC1.I. The van der Waals surface area contributed by atoms with E-state index in [2.05, 4.69) is 16.8 Å². The molecule has 0 aromatic heterocycles. The Hall–Kier alpha value is -0.0800. The Bertz CT molecular complexity index is 231. The van der Waals surface area contributed by atoms with Gasteiger partial charge in [-0.15, -0.1) is 24.0 Å². The van der Waals surface area contributed by atoms with Gasteiger partial charge >= 0.3 is 0 Å². The van der Waals surface area contributed by atoms with Crippen LogP contribution in [0.3, 0.4) is 0 Å². The highest BCUT2D eigenvalue weighted by Crippen LogP contribution is 2.15. The highest BCUT2D eigenvalue weighted by Gasteiger charge is 2.16. The number of nitrogens with zero attached hydrogens (tertiary/aromatic N) is 2. The van der Waals surface area contributed by atoms with E-state index in [1.54, 1.807) is 0 Å². The van der Waals surface area contributed by atoms with Crippen LogP contribution in [0, 0.1) is 5.92 Å². The largest absolute Gasteiger partial charge is 0.394 e. The van der Waals surface area contributed by atoms with Crippen LogP contribution in [0.1, 0.15) is 26.2 Å². The molecule has 0 aromatic carbocycles. The predicted molar refractivity (Wildman–Crippen MR) is 84.4 cm³/mol. The molecule has 1 aliphatic rings. The molecule has 108 valence electrons. The number of aliphatic hydroxyl groups is 1. The first kappa shape index (κ1) is 17.9. The maximum absolute atomic E-state index is 8.52. The summed E-state index contributed by atoms with van der Waals surface area (Å²) in [5.74, 6) is 1.48. The van der Waals surface area contributed by atoms with Crippen molar-refractivity contribution in [2.24, 2.45) is 16.6 Å². The van der Waals surface area contributed by atoms with Crippen molar-refractivity contribution in [1.82, 2.24) is 4.90 Å². The van der Waals surface area contributed by atoms with Gasteiger partial charge in [0.15, 0.2) is 5.96 Å². The molecular formula is C12H26IN3O2. The third kappa shape index (κ3) is 7.38. The van der Waals surface area contributed by atoms with Crippen LogP contribution in [0.2, 0.25) is 0 Å². The molecule has 1 saturated heterocycles. The average Bonchev–Trinajstić information content (AvgIpc) is 2.34. The van der Waals surface area contributed by atoms with Gasteiger partial charge < -0.3 is 20.5 Å². The molecular weight excluding hydrogens is 345 g/mol. The summed E-state index contributed by atoms with van der Waals surface area (Å²) >= 11 is 0. The maximum Gasteiger partial charge on any atom is 0.191 e. The van der Waals surface area contributed by atoms with Gasteiger partial charge in [0.05, 0.1) is 13.2 Å². The van der Waals surface area contributed by atoms with Crippen molar-refractivity contribution < 1.29 is 9.84 Å². The zero-order valence-electron chi connectivity index (χ0n) is 11.2. The Labute approximate surface area is 127 Å². The molecule has 18 heavy (non-hydrogen) atoms. The van der Waals surface area contributed by atoms with Crippen molar-refractivity contribution in [2.45, 2.75) is 26.2 Å². The second-order valence-corrected chi connectivity index (χ2v) is 4.60. The van der Waals surface area contributed by atoms with E-state index < -0.39 is 0 Å². The van der Waals surface area contributed by atoms with Gasteiger partial charge in [-0.05, 0) is 25.2 Å². The normalized spacial score (nSPS) is 17.7. The van der Waals surface area contributed by atoms with E-state index in [4.69, 9.17) is 15.6 Å². The maximum atomic E-state index is 8.52. The highest BCUT2D eigenvalue weighted by atomic mass is 127. The van der Waals surface area contributed by atoms with E-state index in [9.17, 15) is 0 Å². The van der Waals surface area contributed by atoms with Crippen LogP contribution < -0.4 is 5.73 Å². The number of likely N-dealkylation sites (tertiary alicyclic amines) is 1. The summed E-state index contributed by atoms with van der Waals surface area (Å²) in [7, 11) is 0. The highest BCUT2D eigenvalue weighted by molar-refractivity contribution is 14.0. The molecule has 0 spiro atoms. The van der Waals surface area contributed by atoms with E-state index >= 15 is 0 Å². The molecule has 0 bridgehead atoms. The second-order valence-electron chi connectivity index (χ2n) is 4.60. The van der Waals surface area contributed by atoms with Gasteiger partial charge in [-0.3, -0.25) is 4.99 Å². The summed E-state index contributed by atoms with van der Waals surface area (Å²) in [6.45, 7) is 6.15. The minimum atomic E-state index is 0. The number of aliphatic imine (C=N–C) groups is 1. The van der Waals surface area contributed by atoms with Crippen LogP contribution in [-0.2, 0) is 4.74 Å². The minimum absolute atomic E-state index is 0. The number of rotatable bonds is 6. The van der Waals surface area contributed by atoms with Gasteiger partial charge in [0.25, 0.3) is 0 Å². The first-order chi connectivity index (χ1) is 8.24. The van der Waals surface area contributed by atoms with E-state index in [1.807, 2.05) is 0 Å². The van der Waals surface area contributed by atoms with Crippen molar-refractivity contribution in [3.8, 4) is 0 Å². The molecule has 0 aromatic rings. The number of hydrogen-bond donors (Lipinski definition) is 2. The topological polar surface area (TPSA) is 71.1 Å². The molecule has 1 aliphatic heterocycles.